The predicted octanol–water partition coefficient (Wildman–Crippen LogP) is 4.14. The summed E-state index contributed by atoms with van der Waals surface area (Å²) in [6.45, 7) is 6.53. The molecule has 0 fully saturated rings. The SMILES string of the molecule is CCc1nc2c(C)nc(C)cn2c1-c1ccc(CCNC(=O)N[S+]([O-])c2ccccc2)cc1. The van der Waals surface area contributed by atoms with E-state index in [1.165, 1.54) is 0 Å². The summed E-state index contributed by atoms with van der Waals surface area (Å²) in [4.78, 5) is 22.0. The quantitative estimate of drug-likeness (QED) is 0.405. The van der Waals surface area contributed by atoms with Crippen molar-refractivity contribution in [1.82, 2.24) is 24.4 Å². The zero-order valence-corrected chi connectivity index (χ0v) is 19.8. The van der Waals surface area contributed by atoms with Gasteiger partial charge >= 0.3 is 6.03 Å². The average Bonchev–Trinajstić information content (AvgIpc) is 3.19. The van der Waals surface area contributed by atoms with Gasteiger partial charge in [0.15, 0.2) is 10.5 Å². The molecule has 2 N–H and O–H groups in total. The van der Waals surface area contributed by atoms with Crippen LogP contribution < -0.4 is 10.0 Å². The fraction of sp³-hybridized carbons (Fsp3) is 0.240. The maximum Gasteiger partial charge on any atom is 0.356 e. The lowest BCUT2D eigenvalue weighted by Gasteiger charge is -2.11. The van der Waals surface area contributed by atoms with Crippen molar-refractivity contribution in [3.8, 4) is 11.3 Å². The van der Waals surface area contributed by atoms with Gasteiger partial charge in [-0.2, -0.15) is 0 Å². The van der Waals surface area contributed by atoms with Crippen molar-refractivity contribution in [2.24, 2.45) is 0 Å². The second-order valence-electron chi connectivity index (χ2n) is 7.81. The van der Waals surface area contributed by atoms with Crippen LogP contribution in [0.4, 0.5) is 4.79 Å². The Morgan fingerprint density at radius 3 is 2.48 bits per heavy atom. The summed E-state index contributed by atoms with van der Waals surface area (Å²) in [5.74, 6) is 0. The number of amides is 2. The average molecular weight is 462 g/mol. The van der Waals surface area contributed by atoms with Crippen molar-refractivity contribution < 1.29 is 9.35 Å². The molecule has 170 valence electrons. The van der Waals surface area contributed by atoms with E-state index in [0.717, 1.165) is 46.0 Å². The lowest BCUT2D eigenvalue weighted by atomic mass is 10.0. The molecule has 0 aliphatic rings. The number of aryl methyl sites for hydroxylation is 3. The number of nitrogens with one attached hydrogen (secondary N) is 2. The minimum atomic E-state index is -1.58. The van der Waals surface area contributed by atoms with Gasteiger partial charge in [-0.3, -0.25) is 9.38 Å². The molecule has 0 bridgehead atoms. The number of hydrogen-bond donors (Lipinski definition) is 2. The molecule has 2 aromatic carbocycles. The lowest BCUT2D eigenvalue weighted by molar-refractivity contribution is 0.246. The van der Waals surface area contributed by atoms with Crippen LogP contribution >= 0.6 is 0 Å². The first kappa shape index (κ1) is 22.8. The molecule has 0 saturated heterocycles. The summed E-state index contributed by atoms with van der Waals surface area (Å²) in [7, 11) is 0. The minimum absolute atomic E-state index is 0.442. The topological polar surface area (TPSA) is 94.4 Å². The first-order chi connectivity index (χ1) is 16.0. The predicted molar refractivity (Wildman–Crippen MR) is 130 cm³/mol. The van der Waals surface area contributed by atoms with Crippen molar-refractivity contribution in [2.75, 3.05) is 6.54 Å². The highest BCUT2D eigenvalue weighted by Crippen LogP contribution is 2.27. The Kier molecular flexibility index (Phi) is 6.96. The number of benzene rings is 2. The van der Waals surface area contributed by atoms with Crippen LogP contribution in [0.5, 0.6) is 0 Å². The molecule has 1 atom stereocenters. The molecule has 0 spiro atoms. The van der Waals surface area contributed by atoms with E-state index in [0.29, 0.717) is 17.9 Å². The van der Waals surface area contributed by atoms with Gasteiger partial charge in [0.1, 0.15) is 11.4 Å². The number of hydrogen-bond acceptors (Lipinski definition) is 4. The Bertz CT molecular complexity index is 1260. The second-order valence-corrected chi connectivity index (χ2v) is 9.02. The fourth-order valence-corrected chi connectivity index (χ4v) is 4.58. The van der Waals surface area contributed by atoms with Crippen LogP contribution in [0.15, 0.2) is 65.7 Å². The summed E-state index contributed by atoms with van der Waals surface area (Å²) in [5.41, 5.74) is 7.10. The van der Waals surface area contributed by atoms with E-state index in [1.54, 1.807) is 24.3 Å². The molecular weight excluding hydrogens is 434 g/mol. The van der Waals surface area contributed by atoms with E-state index in [9.17, 15) is 9.35 Å². The van der Waals surface area contributed by atoms with Gasteiger partial charge < -0.3 is 9.87 Å². The van der Waals surface area contributed by atoms with Gasteiger partial charge in [-0.1, -0.05) is 49.4 Å². The zero-order valence-electron chi connectivity index (χ0n) is 19.0. The van der Waals surface area contributed by atoms with E-state index < -0.39 is 17.4 Å². The molecule has 7 nitrogen and oxygen atoms in total. The van der Waals surface area contributed by atoms with Crippen LogP contribution in [-0.4, -0.2) is 31.5 Å². The van der Waals surface area contributed by atoms with Gasteiger partial charge in [0, 0.05) is 18.3 Å². The van der Waals surface area contributed by atoms with E-state index >= 15 is 0 Å². The third kappa shape index (κ3) is 5.18. The molecule has 33 heavy (non-hydrogen) atoms. The van der Waals surface area contributed by atoms with Crippen LogP contribution in [-0.2, 0) is 24.2 Å². The van der Waals surface area contributed by atoms with Gasteiger partial charge in [-0.25, -0.2) is 9.78 Å². The van der Waals surface area contributed by atoms with Crippen LogP contribution in [0.25, 0.3) is 16.9 Å². The number of fused-ring (bicyclic) bond motifs is 1. The largest absolute Gasteiger partial charge is 0.588 e. The van der Waals surface area contributed by atoms with Gasteiger partial charge in [-0.15, -0.1) is 4.72 Å². The normalized spacial score (nSPS) is 12.0. The Morgan fingerprint density at radius 2 is 1.79 bits per heavy atom. The van der Waals surface area contributed by atoms with Crippen molar-refractivity contribution >= 4 is 23.0 Å². The fourth-order valence-electron chi connectivity index (χ4n) is 3.82. The zero-order chi connectivity index (χ0) is 23.4. The van der Waals surface area contributed by atoms with Gasteiger partial charge in [0.25, 0.3) is 0 Å². The van der Waals surface area contributed by atoms with Crippen molar-refractivity contribution in [1.29, 1.82) is 0 Å². The van der Waals surface area contributed by atoms with Crippen LogP contribution in [0.3, 0.4) is 0 Å². The maximum atomic E-state index is 12.2. The Hall–Kier alpha value is -3.36. The Balaban J connectivity index is 1.40. The summed E-state index contributed by atoms with van der Waals surface area (Å²) in [5, 5.41) is 2.76. The molecule has 1 unspecified atom stereocenters. The number of rotatable bonds is 7. The number of nitrogens with zero attached hydrogens (tertiary/aromatic N) is 3. The van der Waals surface area contributed by atoms with E-state index in [4.69, 9.17) is 4.98 Å². The highest BCUT2D eigenvalue weighted by Gasteiger charge is 2.16. The van der Waals surface area contributed by atoms with Crippen molar-refractivity contribution in [3.63, 3.8) is 0 Å². The summed E-state index contributed by atoms with van der Waals surface area (Å²) in [6, 6.07) is 16.7. The molecule has 4 aromatic rings. The number of urea groups is 1. The molecule has 0 aliphatic heterocycles. The molecule has 2 amide bonds. The summed E-state index contributed by atoms with van der Waals surface area (Å²) >= 11 is -1.58. The van der Waals surface area contributed by atoms with Crippen LogP contribution in [0, 0.1) is 13.8 Å². The molecule has 2 aromatic heterocycles. The molecule has 0 saturated carbocycles. The summed E-state index contributed by atoms with van der Waals surface area (Å²) in [6.07, 6.45) is 3.53. The summed E-state index contributed by atoms with van der Waals surface area (Å²) < 4.78 is 16.7. The Labute approximate surface area is 196 Å². The van der Waals surface area contributed by atoms with Crippen LogP contribution in [0.2, 0.25) is 0 Å². The van der Waals surface area contributed by atoms with E-state index in [2.05, 4.69) is 50.6 Å². The molecular formula is C25H27N5O2S. The minimum Gasteiger partial charge on any atom is -0.588 e. The molecule has 8 heteroatoms. The standard InChI is InChI=1S/C25H27N5O2S/c1-4-22-23(30-16-17(2)27-18(3)24(30)28-22)20-12-10-19(11-13-20)14-15-26-25(31)29-33(32)21-8-6-5-7-9-21/h5-13,16H,4,14-15H2,1-3H3,(H2,26,29,31). The first-order valence-corrected chi connectivity index (χ1v) is 12.1. The first-order valence-electron chi connectivity index (χ1n) is 10.9. The molecule has 4 rings (SSSR count). The third-order valence-electron chi connectivity index (χ3n) is 5.37. The smallest absolute Gasteiger partial charge is 0.356 e. The molecule has 0 radical (unpaired) electrons. The van der Waals surface area contributed by atoms with Crippen molar-refractivity contribution in [3.05, 3.63) is 83.4 Å². The number of carbonyl (C=O) groups excluding carboxylic acids is 1. The van der Waals surface area contributed by atoms with Gasteiger partial charge in [0.2, 0.25) is 0 Å². The molecule has 2 heterocycles. The number of carbonyl (C=O) groups is 1. The lowest BCUT2D eigenvalue weighted by Crippen LogP contribution is -2.40. The van der Waals surface area contributed by atoms with Gasteiger partial charge in [0.05, 0.1) is 22.8 Å². The highest BCUT2D eigenvalue weighted by atomic mass is 32.2. The second kappa shape index (κ2) is 10.1. The third-order valence-corrected chi connectivity index (χ3v) is 6.44. The van der Waals surface area contributed by atoms with Gasteiger partial charge in [-0.05, 0) is 44.4 Å². The molecule has 0 aliphatic carbocycles. The monoisotopic (exact) mass is 461 g/mol. The van der Waals surface area contributed by atoms with Crippen LogP contribution in [0.1, 0.15) is 29.6 Å². The number of imidazole rings is 1. The highest BCUT2D eigenvalue weighted by molar-refractivity contribution is 7.90. The maximum absolute atomic E-state index is 12.2. The van der Waals surface area contributed by atoms with E-state index in [1.807, 2.05) is 26.1 Å². The number of aromatic nitrogens is 3. The Morgan fingerprint density at radius 1 is 1.06 bits per heavy atom. The van der Waals surface area contributed by atoms with Crippen molar-refractivity contribution in [2.45, 2.75) is 38.5 Å². The van der Waals surface area contributed by atoms with E-state index in [-0.39, 0.29) is 0 Å².